The second-order valence-electron chi connectivity index (χ2n) is 7.44. The number of piperidine rings is 2. The first-order valence-corrected chi connectivity index (χ1v) is 9.36. The van der Waals surface area contributed by atoms with Crippen molar-refractivity contribution in [2.24, 2.45) is 11.8 Å². The summed E-state index contributed by atoms with van der Waals surface area (Å²) in [6.07, 6.45) is 6.85. The van der Waals surface area contributed by atoms with Crippen molar-refractivity contribution < 1.29 is 4.74 Å². The number of anilines is 1. The summed E-state index contributed by atoms with van der Waals surface area (Å²) in [5.74, 6) is 2.82. The minimum absolute atomic E-state index is 0.913. The van der Waals surface area contributed by atoms with Crippen molar-refractivity contribution in [2.45, 2.75) is 39.0 Å². The largest absolute Gasteiger partial charge is 0.497 e. The highest BCUT2D eigenvalue weighted by atomic mass is 16.5. The van der Waals surface area contributed by atoms with Crippen LogP contribution in [0.5, 0.6) is 5.75 Å². The standard InChI is InChI=1S/C20H32N2O/c1-17-6-11-21(12-7-17)13-8-18-9-14-22(15-10-18)19-4-3-5-20(16-19)23-2/h3-5,16-18H,6-15H2,1-2H3. The molecule has 0 bridgehead atoms. The fourth-order valence-corrected chi connectivity index (χ4v) is 3.94. The molecule has 0 amide bonds. The predicted molar refractivity (Wildman–Crippen MR) is 97.4 cm³/mol. The van der Waals surface area contributed by atoms with Gasteiger partial charge in [-0.2, -0.15) is 0 Å². The van der Waals surface area contributed by atoms with Crippen molar-refractivity contribution in [3.8, 4) is 5.75 Å². The molecule has 2 fully saturated rings. The summed E-state index contributed by atoms with van der Waals surface area (Å²) in [5.41, 5.74) is 1.31. The molecule has 0 unspecified atom stereocenters. The van der Waals surface area contributed by atoms with Crippen molar-refractivity contribution in [1.29, 1.82) is 0 Å². The Morgan fingerprint density at radius 3 is 2.48 bits per heavy atom. The highest BCUT2D eigenvalue weighted by molar-refractivity contribution is 5.50. The average Bonchev–Trinajstić information content (AvgIpc) is 2.62. The lowest BCUT2D eigenvalue weighted by Gasteiger charge is -2.36. The van der Waals surface area contributed by atoms with Crippen LogP contribution < -0.4 is 9.64 Å². The van der Waals surface area contributed by atoms with Gasteiger partial charge in [-0.1, -0.05) is 13.0 Å². The van der Waals surface area contributed by atoms with E-state index < -0.39 is 0 Å². The van der Waals surface area contributed by atoms with Gasteiger partial charge in [0.1, 0.15) is 5.75 Å². The third-order valence-electron chi connectivity index (χ3n) is 5.76. The number of ether oxygens (including phenoxy) is 1. The first-order chi connectivity index (χ1) is 11.2. The number of methoxy groups -OCH3 is 1. The molecular weight excluding hydrogens is 284 g/mol. The van der Waals surface area contributed by atoms with E-state index >= 15 is 0 Å². The van der Waals surface area contributed by atoms with Crippen molar-refractivity contribution in [2.75, 3.05) is 44.7 Å². The van der Waals surface area contributed by atoms with Crippen LogP contribution in [0, 0.1) is 11.8 Å². The molecule has 0 aromatic heterocycles. The zero-order valence-corrected chi connectivity index (χ0v) is 14.8. The van der Waals surface area contributed by atoms with Crippen molar-refractivity contribution in [1.82, 2.24) is 4.90 Å². The van der Waals surface area contributed by atoms with E-state index in [9.17, 15) is 0 Å². The van der Waals surface area contributed by atoms with Gasteiger partial charge in [-0.05, 0) is 75.7 Å². The quantitative estimate of drug-likeness (QED) is 0.815. The molecule has 2 aliphatic heterocycles. The first-order valence-electron chi connectivity index (χ1n) is 9.36. The van der Waals surface area contributed by atoms with Crippen LogP contribution in [0.4, 0.5) is 5.69 Å². The Morgan fingerprint density at radius 1 is 1.04 bits per heavy atom. The Morgan fingerprint density at radius 2 is 1.78 bits per heavy atom. The van der Waals surface area contributed by atoms with Gasteiger partial charge in [-0.25, -0.2) is 0 Å². The number of likely N-dealkylation sites (tertiary alicyclic amines) is 1. The van der Waals surface area contributed by atoms with Crippen molar-refractivity contribution in [3.05, 3.63) is 24.3 Å². The number of nitrogens with zero attached hydrogens (tertiary/aromatic N) is 2. The lowest BCUT2D eigenvalue weighted by molar-refractivity contribution is 0.176. The molecule has 3 heteroatoms. The lowest BCUT2D eigenvalue weighted by atomic mass is 9.92. The summed E-state index contributed by atoms with van der Waals surface area (Å²) < 4.78 is 5.35. The van der Waals surface area contributed by atoms with Gasteiger partial charge in [0.15, 0.2) is 0 Å². The second kappa shape index (κ2) is 8.05. The lowest BCUT2D eigenvalue weighted by Crippen LogP contribution is -2.37. The number of hydrogen-bond donors (Lipinski definition) is 0. The van der Waals surface area contributed by atoms with Crippen LogP contribution in [0.2, 0.25) is 0 Å². The molecule has 128 valence electrons. The highest BCUT2D eigenvalue weighted by Gasteiger charge is 2.21. The fourth-order valence-electron chi connectivity index (χ4n) is 3.94. The Bertz CT molecular complexity index is 474. The zero-order chi connectivity index (χ0) is 16.1. The summed E-state index contributed by atoms with van der Waals surface area (Å²) >= 11 is 0. The average molecular weight is 316 g/mol. The smallest absolute Gasteiger partial charge is 0.120 e. The topological polar surface area (TPSA) is 15.7 Å². The molecule has 0 spiro atoms. The Balaban J connectivity index is 1.41. The molecule has 2 saturated heterocycles. The molecule has 2 heterocycles. The molecule has 1 aromatic rings. The van der Waals surface area contributed by atoms with Gasteiger partial charge in [0.05, 0.1) is 7.11 Å². The maximum atomic E-state index is 5.35. The molecule has 3 nitrogen and oxygen atoms in total. The maximum Gasteiger partial charge on any atom is 0.120 e. The third kappa shape index (κ3) is 4.63. The SMILES string of the molecule is COc1cccc(N2CCC(CCN3CCC(C)CC3)CC2)c1. The normalized spacial score (nSPS) is 21.6. The monoisotopic (exact) mass is 316 g/mol. The van der Waals surface area contributed by atoms with Gasteiger partial charge in [0, 0.05) is 24.8 Å². The first kappa shape index (κ1) is 16.6. The van der Waals surface area contributed by atoms with Gasteiger partial charge in [-0.15, -0.1) is 0 Å². The number of rotatable bonds is 5. The van der Waals surface area contributed by atoms with E-state index in [1.807, 2.05) is 6.07 Å². The Labute approximate surface area is 141 Å². The van der Waals surface area contributed by atoms with E-state index in [0.29, 0.717) is 0 Å². The van der Waals surface area contributed by atoms with Crippen molar-refractivity contribution >= 4 is 5.69 Å². The molecule has 0 atom stereocenters. The Hall–Kier alpha value is -1.22. The van der Waals surface area contributed by atoms with Crippen LogP contribution in [-0.4, -0.2) is 44.7 Å². The van der Waals surface area contributed by atoms with Gasteiger partial charge in [0.2, 0.25) is 0 Å². The van der Waals surface area contributed by atoms with E-state index in [1.54, 1.807) is 7.11 Å². The highest BCUT2D eigenvalue weighted by Crippen LogP contribution is 2.28. The van der Waals surface area contributed by atoms with E-state index in [0.717, 1.165) is 17.6 Å². The molecule has 1 aromatic carbocycles. The van der Waals surface area contributed by atoms with Crippen LogP contribution in [0.1, 0.15) is 39.0 Å². The van der Waals surface area contributed by atoms with E-state index in [4.69, 9.17) is 4.74 Å². The van der Waals surface area contributed by atoms with Crippen LogP contribution in [0.3, 0.4) is 0 Å². The summed E-state index contributed by atoms with van der Waals surface area (Å²) in [4.78, 5) is 5.20. The molecular formula is C20H32N2O. The van der Waals surface area contributed by atoms with Crippen LogP contribution in [0.25, 0.3) is 0 Å². The minimum Gasteiger partial charge on any atom is -0.497 e. The minimum atomic E-state index is 0.913. The molecule has 2 aliphatic rings. The summed E-state index contributed by atoms with van der Waals surface area (Å²) in [7, 11) is 1.74. The number of hydrogen-bond acceptors (Lipinski definition) is 3. The number of benzene rings is 1. The van der Waals surface area contributed by atoms with Crippen LogP contribution in [-0.2, 0) is 0 Å². The van der Waals surface area contributed by atoms with E-state index in [2.05, 4.69) is 34.9 Å². The van der Waals surface area contributed by atoms with Gasteiger partial charge >= 0.3 is 0 Å². The zero-order valence-electron chi connectivity index (χ0n) is 14.8. The van der Waals surface area contributed by atoms with E-state index in [1.165, 1.54) is 70.5 Å². The van der Waals surface area contributed by atoms with Gasteiger partial charge in [0.25, 0.3) is 0 Å². The molecule has 23 heavy (non-hydrogen) atoms. The summed E-state index contributed by atoms with van der Waals surface area (Å²) in [5, 5.41) is 0. The second-order valence-corrected chi connectivity index (χ2v) is 7.44. The molecule has 0 N–H and O–H groups in total. The van der Waals surface area contributed by atoms with Gasteiger partial charge < -0.3 is 14.5 Å². The summed E-state index contributed by atoms with van der Waals surface area (Å²) in [6, 6.07) is 8.49. The van der Waals surface area contributed by atoms with Gasteiger partial charge in [-0.3, -0.25) is 0 Å². The fraction of sp³-hybridized carbons (Fsp3) is 0.700. The molecule has 3 rings (SSSR count). The van der Waals surface area contributed by atoms with E-state index in [-0.39, 0.29) is 0 Å². The summed E-state index contributed by atoms with van der Waals surface area (Å²) in [6.45, 7) is 8.74. The Kier molecular flexibility index (Phi) is 5.82. The third-order valence-corrected chi connectivity index (χ3v) is 5.76. The predicted octanol–water partition coefficient (Wildman–Crippen LogP) is 4.03. The molecule has 0 radical (unpaired) electrons. The van der Waals surface area contributed by atoms with Crippen LogP contribution in [0.15, 0.2) is 24.3 Å². The maximum absolute atomic E-state index is 5.35. The van der Waals surface area contributed by atoms with Crippen molar-refractivity contribution in [3.63, 3.8) is 0 Å². The van der Waals surface area contributed by atoms with Crippen LogP contribution >= 0.6 is 0 Å². The molecule has 0 saturated carbocycles. The molecule has 0 aliphatic carbocycles.